The molecule has 0 unspecified atom stereocenters. The zero-order valence-electron chi connectivity index (χ0n) is 7.38. The molecule has 0 amide bonds. The van der Waals surface area contributed by atoms with Crippen molar-refractivity contribution in [2.75, 3.05) is 7.11 Å². The quantitative estimate of drug-likeness (QED) is 0.830. The van der Waals surface area contributed by atoms with Gasteiger partial charge in [-0.25, -0.2) is 4.39 Å². The molecule has 3 nitrogen and oxygen atoms in total. The van der Waals surface area contributed by atoms with Crippen molar-refractivity contribution in [3.05, 3.63) is 28.0 Å². The number of halogens is 2. The summed E-state index contributed by atoms with van der Waals surface area (Å²) in [6, 6.07) is 2.30. The second-order valence-electron chi connectivity index (χ2n) is 2.65. The Kier molecular flexibility index (Phi) is 3.46. The van der Waals surface area contributed by atoms with Crippen molar-refractivity contribution in [2.24, 2.45) is 0 Å². The van der Waals surface area contributed by atoms with Crippen LogP contribution in [0.3, 0.4) is 0 Å². The topological polar surface area (TPSA) is 46.5 Å². The summed E-state index contributed by atoms with van der Waals surface area (Å²) in [7, 11) is 1.22. The number of carbonyl (C=O) groups is 1. The Morgan fingerprint density at radius 2 is 2.29 bits per heavy atom. The summed E-state index contributed by atoms with van der Waals surface area (Å²) in [5.41, 5.74) is 0.109. The van der Waals surface area contributed by atoms with E-state index in [9.17, 15) is 14.3 Å². The summed E-state index contributed by atoms with van der Waals surface area (Å²) < 4.78 is 17.8. The predicted octanol–water partition coefficient (Wildman–Crippen LogP) is 2.01. The number of esters is 1. The minimum Gasteiger partial charge on any atom is -0.507 e. The van der Waals surface area contributed by atoms with E-state index in [1.165, 1.54) is 13.2 Å². The molecule has 5 heteroatoms. The largest absolute Gasteiger partial charge is 0.507 e. The van der Waals surface area contributed by atoms with E-state index in [1.807, 2.05) is 0 Å². The first-order valence-corrected chi connectivity index (χ1v) is 4.57. The van der Waals surface area contributed by atoms with Crippen molar-refractivity contribution in [3.63, 3.8) is 0 Å². The Bertz CT molecular complexity index is 365. The zero-order chi connectivity index (χ0) is 10.7. The Hall–Kier alpha value is -1.10. The predicted molar refractivity (Wildman–Crippen MR) is 51.5 cm³/mol. The molecular weight excluding hydrogens is 255 g/mol. The molecule has 76 valence electrons. The molecule has 0 saturated heterocycles. The summed E-state index contributed by atoms with van der Waals surface area (Å²) in [5, 5.41) is 9.24. The number of rotatable bonds is 2. The second kappa shape index (κ2) is 4.41. The van der Waals surface area contributed by atoms with E-state index < -0.39 is 11.8 Å². The molecule has 1 aromatic rings. The van der Waals surface area contributed by atoms with Crippen molar-refractivity contribution < 1.29 is 19.0 Å². The highest BCUT2D eigenvalue weighted by atomic mass is 79.9. The number of carbonyl (C=O) groups excluding carboxylic acids is 1. The minimum atomic E-state index is -0.555. The van der Waals surface area contributed by atoms with Gasteiger partial charge < -0.3 is 9.84 Å². The molecule has 0 saturated carbocycles. The highest BCUT2D eigenvalue weighted by Gasteiger charge is 2.11. The van der Waals surface area contributed by atoms with Gasteiger partial charge in [-0.05, 0) is 28.1 Å². The van der Waals surface area contributed by atoms with E-state index in [1.54, 1.807) is 0 Å². The third kappa shape index (κ3) is 2.45. The SMILES string of the molecule is COC(=O)Cc1cc(O)c(Br)cc1F. The molecule has 0 aliphatic rings. The van der Waals surface area contributed by atoms with Crippen LogP contribution in [0.25, 0.3) is 0 Å². The van der Waals surface area contributed by atoms with E-state index in [0.717, 1.165) is 6.07 Å². The number of hydrogen-bond acceptors (Lipinski definition) is 3. The Labute approximate surface area is 88.6 Å². The third-order valence-electron chi connectivity index (χ3n) is 1.68. The van der Waals surface area contributed by atoms with Crippen LogP contribution in [0.2, 0.25) is 0 Å². The number of methoxy groups -OCH3 is 1. The van der Waals surface area contributed by atoms with Gasteiger partial charge in [0.1, 0.15) is 11.6 Å². The molecule has 0 aromatic heterocycles. The first-order valence-electron chi connectivity index (χ1n) is 3.78. The van der Waals surface area contributed by atoms with Gasteiger partial charge in [0, 0.05) is 5.56 Å². The summed E-state index contributed by atoms with van der Waals surface area (Å²) in [6.07, 6.45) is -0.191. The van der Waals surface area contributed by atoms with Gasteiger partial charge in [0.15, 0.2) is 0 Å². The van der Waals surface area contributed by atoms with Crippen molar-refractivity contribution >= 4 is 21.9 Å². The number of phenolic OH excluding ortho intramolecular Hbond substituents is 1. The monoisotopic (exact) mass is 262 g/mol. The smallest absolute Gasteiger partial charge is 0.310 e. The van der Waals surface area contributed by atoms with Gasteiger partial charge in [0.25, 0.3) is 0 Å². The lowest BCUT2D eigenvalue weighted by Crippen LogP contribution is -2.06. The highest BCUT2D eigenvalue weighted by molar-refractivity contribution is 9.10. The van der Waals surface area contributed by atoms with Crippen molar-refractivity contribution in [2.45, 2.75) is 6.42 Å². The average Bonchev–Trinajstić information content (AvgIpc) is 2.14. The fourth-order valence-electron chi connectivity index (χ4n) is 0.944. The molecule has 0 fully saturated rings. The zero-order valence-corrected chi connectivity index (χ0v) is 8.97. The molecule has 0 spiro atoms. The molecule has 0 radical (unpaired) electrons. The van der Waals surface area contributed by atoms with Crippen LogP contribution in [-0.4, -0.2) is 18.2 Å². The van der Waals surface area contributed by atoms with Crippen LogP contribution < -0.4 is 0 Å². The van der Waals surface area contributed by atoms with Gasteiger partial charge >= 0.3 is 5.97 Å². The fourth-order valence-corrected chi connectivity index (χ4v) is 1.26. The molecule has 0 aliphatic carbocycles. The Morgan fingerprint density at radius 3 is 2.86 bits per heavy atom. The van der Waals surface area contributed by atoms with E-state index in [4.69, 9.17) is 0 Å². The number of phenols is 1. The van der Waals surface area contributed by atoms with Gasteiger partial charge in [-0.15, -0.1) is 0 Å². The minimum absolute atomic E-state index is 0.106. The molecule has 0 atom stereocenters. The summed E-state index contributed by atoms with van der Waals surface area (Å²) >= 11 is 2.96. The first kappa shape index (κ1) is 11.0. The molecule has 1 N–H and O–H groups in total. The lowest BCUT2D eigenvalue weighted by Gasteiger charge is -2.04. The van der Waals surface area contributed by atoms with Crippen LogP contribution >= 0.6 is 15.9 Å². The number of hydrogen-bond donors (Lipinski definition) is 1. The van der Waals surface area contributed by atoms with Gasteiger partial charge in [0.05, 0.1) is 18.0 Å². The van der Waals surface area contributed by atoms with Gasteiger partial charge in [-0.1, -0.05) is 0 Å². The lowest BCUT2D eigenvalue weighted by atomic mass is 10.1. The maximum absolute atomic E-state index is 13.2. The fraction of sp³-hybridized carbons (Fsp3) is 0.222. The van der Waals surface area contributed by atoms with Crippen LogP contribution in [0.5, 0.6) is 5.75 Å². The molecule has 14 heavy (non-hydrogen) atoms. The first-order chi connectivity index (χ1) is 6.54. The number of ether oxygens (including phenoxy) is 1. The number of benzene rings is 1. The molecule has 1 rings (SSSR count). The van der Waals surface area contributed by atoms with Crippen LogP contribution in [0.1, 0.15) is 5.56 Å². The highest BCUT2D eigenvalue weighted by Crippen LogP contribution is 2.27. The van der Waals surface area contributed by atoms with E-state index >= 15 is 0 Å². The lowest BCUT2D eigenvalue weighted by molar-refractivity contribution is -0.139. The van der Waals surface area contributed by atoms with Crippen molar-refractivity contribution in [1.82, 2.24) is 0 Å². The van der Waals surface area contributed by atoms with E-state index in [0.29, 0.717) is 0 Å². The Morgan fingerprint density at radius 1 is 1.64 bits per heavy atom. The van der Waals surface area contributed by atoms with Gasteiger partial charge in [0.2, 0.25) is 0 Å². The van der Waals surface area contributed by atoms with Crippen LogP contribution in [-0.2, 0) is 16.0 Å². The summed E-state index contributed by atoms with van der Waals surface area (Å²) in [4.78, 5) is 10.8. The van der Waals surface area contributed by atoms with Crippen LogP contribution in [0.15, 0.2) is 16.6 Å². The standard InChI is InChI=1S/C9H8BrFO3/c1-14-9(13)3-5-2-8(12)6(10)4-7(5)11/h2,4,12H,3H2,1H3. The molecule has 1 aromatic carbocycles. The average molecular weight is 263 g/mol. The maximum atomic E-state index is 13.2. The van der Waals surface area contributed by atoms with Gasteiger partial charge in [-0.3, -0.25) is 4.79 Å². The molecule has 0 bridgehead atoms. The Balaban J connectivity index is 2.98. The third-order valence-corrected chi connectivity index (χ3v) is 2.31. The molecule has 0 heterocycles. The maximum Gasteiger partial charge on any atom is 0.310 e. The molecular formula is C9H8BrFO3. The molecule has 0 aliphatic heterocycles. The van der Waals surface area contributed by atoms with Crippen molar-refractivity contribution in [3.8, 4) is 5.75 Å². The normalized spacial score (nSPS) is 9.93. The number of aromatic hydroxyl groups is 1. The van der Waals surface area contributed by atoms with Crippen LogP contribution in [0.4, 0.5) is 4.39 Å². The van der Waals surface area contributed by atoms with Crippen molar-refractivity contribution in [1.29, 1.82) is 0 Å². The summed E-state index contributed by atoms with van der Waals surface area (Å²) in [6.45, 7) is 0. The van der Waals surface area contributed by atoms with E-state index in [-0.39, 0.29) is 22.2 Å². The van der Waals surface area contributed by atoms with E-state index in [2.05, 4.69) is 20.7 Å². The van der Waals surface area contributed by atoms with Gasteiger partial charge in [-0.2, -0.15) is 0 Å². The second-order valence-corrected chi connectivity index (χ2v) is 3.50. The summed E-state index contributed by atoms with van der Waals surface area (Å²) in [5.74, 6) is -1.21. The van der Waals surface area contributed by atoms with Crippen LogP contribution in [0, 0.1) is 5.82 Å².